The van der Waals surface area contributed by atoms with Gasteiger partial charge in [0, 0.05) is 24.0 Å². The summed E-state index contributed by atoms with van der Waals surface area (Å²) < 4.78 is 6.52. The van der Waals surface area contributed by atoms with Crippen LogP contribution in [-0.4, -0.2) is 27.2 Å². The van der Waals surface area contributed by atoms with Crippen molar-refractivity contribution in [2.24, 2.45) is 11.8 Å². The first-order valence-electron chi connectivity index (χ1n) is 7.90. The van der Waals surface area contributed by atoms with Crippen molar-refractivity contribution in [2.45, 2.75) is 39.0 Å². The molecule has 1 aliphatic rings. The number of nitrogens with one attached hydrogen (secondary N) is 1. The number of aromatic amines is 1. The van der Waals surface area contributed by atoms with E-state index in [2.05, 4.69) is 10.1 Å². The number of H-pyrrole nitrogens is 1. The first kappa shape index (κ1) is 14.8. The molecule has 0 atom stereocenters. The summed E-state index contributed by atoms with van der Waals surface area (Å²) in [6.45, 7) is 2.29. The van der Waals surface area contributed by atoms with Gasteiger partial charge in [0.1, 0.15) is 0 Å². The zero-order valence-electron chi connectivity index (χ0n) is 12.7. The molecule has 0 amide bonds. The van der Waals surface area contributed by atoms with Crippen LogP contribution in [0.4, 0.5) is 0 Å². The van der Waals surface area contributed by atoms with E-state index in [1.165, 1.54) is 4.52 Å². The Kier molecular flexibility index (Phi) is 4.27. The van der Waals surface area contributed by atoms with E-state index in [0.29, 0.717) is 18.2 Å². The molecule has 22 heavy (non-hydrogen) atoms. The lowest BCUT2D eigenvalue weighted by molar-refractivity contribution is -0.149. The van der Waals surface area contributed by atoms with Gasteiger partial charge in [-0.2, -0.15) is 0 Å². The van der Waals surface area contributed by atoms with Gasteiger partial charge in [-0.3, -0.25) is 14.7 Å². The number of ether oxygens (including phenoxy) is 1. The van der Waals surface area contributed by atoms with E-state index in [-0.39, 0.29) is 17.4 Å². The Bertz CT molecular complexity index is 711. The smallest absolute Gasteiger partial charge is 0.308 e. The molecule has 0 saturated heterocycles. The van der Waals surface area contributed by atoms with Crippen molar-refractivity contribution in [2.75, 3.05) is 6.61 Å². The molecule has 118 valence electrons. The second-order valence-corrected chi connectivity index (χ2v) is 5.92. The lowest BCUT2D eigenvalue weighted by Crippen LogP contribution is -2.25. The maximum Gasteiger partial charge on any atom is 0.308 e. The topological polar surface area (TPSA) is 76.5 Å². The van der Waals surface area contributed by atoms with Crippen LogP contribution < -0.4 is 5.56 Å². The molecule has 2 aromatic rings. The Labute approximate surface area is 128 Å². The number of carbonyl (C=O) groups is 1. The summed E-state index contributed by atoms with van der Waals surface area (Å²) in [5.74, 6) is 0.465. The van der Waals surface area contributed by atoms with Gasteiger partial charge in [0.2, 0.25) is 0 Å². The van der Waals surface area contributed by atoms with Crippen molar-refractivity contribution >= 4 is 11.6 Å². The average Bonchev–Trinajstić information content (AvgIpc) is 2.97. The van der Waals surface area contributed by atoms with Crippen LogP contribution >= 0.6 is 0 Å². The number of hydrogen-bond donors (Lipinski definition) is 1. The number of nitrogens with zero attached hydrogens (tertiary/aromatic N) is 2. The third kappa shape index (κ3) is 3.05. The van der Waals surface area contributed by atoms with E-state index in [0.717, 1.165) is 37.8 Å². The summed E-state index contributed by atoms with van der Waals surface area (Å²) >= 11 is 0. The lowest BCUT2D eigenvalue weighted by Gasteiger charge is -2.26. The minimum Gasteiger partial charge on any atom is -0.466 e. The number of esters is 1. The maximum absolute atomic E-state index is 11.9. The predicted molar refractivity (Wildman–Crippen MR) is 81.6 cm³/mol. The molecular weight excluding hydrogens is 282 g/mol. The van der Waals surface area contributed by atoms with Crippen molar-refractivity contribution in [3.63, 3.8) is 0 Å². The monoisotopic (exact) mass is 303 g/mol. The summed E-state index contributed by atoms with van der Waals surface area (Å²) in [5.41, 5.74) is 1.41. The van der Waals surface area contributed by atoms with Gasteiger partial charge in [-0.25, -0.2) is 9.50 Å². The highest BCUT2D eigenvalue weighted by Gasteiger charge is 2.27. The highest BCUT2D eigenvalue weighted by molar-refractivity contribution is 5.72. The van der Waals surface area contributed by atoms with Crippen LogP contribution in [0.15, 0.2) is 23.1 Å². The molecule has 3 rings (SSSR count). The Hall–Kier alpha value is -2.11. The third-order valence-corrected chi connectivity index (χ3v) is 4.40. The number of carbonyl (C=O) groups excluding carboxylic acids is 1. The van der Waals surface area contributed by atoms with Crippen molar-refractivity contribution in [1.82, 2.24) is 14.6 Å². The summed E-state index contributed by atoms with van der Waals surface area (Å²) in [6.07, 6.45) is 6.21. The zero-order chi connectivity index (χ0) is 15.5. The van der Waals surface area contributed by atoms with Gasteiger partial charge in [-0.05, 0) is 44.9 Å². The molecule has 6 nitrogen and oxygen atoms in total. The van der Waals surface area contributed by atoms with Gasteiger partial charge < -0.3 is 4.74 Å². The highest BCUT2D eigenvalue weighted by atomic mass is 16.5. The van der Waals surface area contributed by atoms with Crippen LogP contribution in [0.5, 0.6) is 0 Å². The fourth-order valence-electron chi connectivity index (χ4n) is 3.24. The van der Waals surface area contributed by atoms with Gasteiger partial charge in [0.25, 0.3) is 5.56 Å². The van der Waals surface area contributed by atoms with Crippen LogP contribution in [0.1, 0.15) is 38.3 Å². The molecule has 1 aliphatic carbocycles. The van der Waals surface area contributed by atoms with Crippen molar-refractivity contribution in [1.29, 1.82) is 0 Å². The van der Waals surface area contributed by atoms with E-state index < -0.39 is 0 Å². The lowest BCUT2D eigenvalue weighted by atomic mass is 9.80. The van der Waals surface area contributed by atoms with E-state index in [4.69, 9.17) is 4.74 Å². The molecule has 2 aromatic heterocycles. The van der Waals surface area contributed by atoms with Crippen LogP contribution in [0, 0.1) is 11.8 Å². The van der Waals surface area contributed by atoms with Crippen LogP contribution in [0.3, 0.4) is 0 Å². The Morgan fingerprint density at radius 2 is 2.18 bits per heavy atom. The average molecular weight is 303 g/mol. The fraction of sp³-hybridized carbons (Fsp3) is 0.562. The first-order valence-corrected chi connectivity index (χ1v) is 7.90. The first-order chi connectivity index (χ1) is 10.7. The molecule has 1 N–H and O–H groups in total. The van der Waals surface area contributed by atoms with Gasteiger partial charge in [0.05, 0.1) is 12.5 Å². The molecule has 2 heterocycles. The number of aromatic nitrogens is 3. The van der Waals surface area contributed by atoms with Crippen molar-refractivity contribution in [3.05, 3.63) is 34.4 Å². The largest absolute Gasteiger partial charge is 0.466 e. The molecule has 1 fully saturated rings. The Balaban J connectivity index is 1.62. The second-order valence-electron chi connectivity index (χ2n) is 5.92. The Morgan fingerprint density at radius 1 is 1.41 bits per heavy atom. The zero-order valence-corrected chi connectivity index (χ0v) is 12.7. The van der Waals surface area contributed by atoms with E-state index >= 15 is 0 Å². The number of fused-ring (bicyclic) bond motifs is 1. The quantitative estimate of drug-likeness (QED) is 0.876. The van der Waals surface area contributed by atoms with E-state index in [9.17, 15) is 9.59 Å². The number of rotatable bonds is 4. The van der Waals surface area contributed by atoms with Crippen LogP contribution in [-0.2, 0) is 16.0 Å². The SMILES string of the molecule is CCOC(=O)C1CCC(Cc2cc(=O)n3[nH]ccc3n2)CC1. The van der Waals surface area contributed by atoms with E-state index in [1.54, 1.807) is 18.3 Å². The molecule has 0 aromatic carbocycles. The van der Waals surface area contributed by atoms with Gasteiger partial charge in [-0.15, -0.1) is 0 Å². The normalized spacial score (nSPS) is 21.9. The van der Waals surface area contributed by atoms with Crippen molar-refractivity contribution in [3.8, 4) is 0 Å². The molecule has 1 saturated carbocycles. The van der Waals surface area contributed by atoms with Gasteiger partial charge in [0.15, 0.2) is 5.65 Å². The summed E-state index contributed by atoms with van der Waals surface area (Å²) in [7, 11) is 0. The molecule has 6 heteroatoms. The Morgan fingerprint density at radius 3 is 2.91 bits per heavy atom. The van der Waals surface area contributed by atoms with Gasteiger partial charge >= 0.3 is 5.97 Å². The van der Waals surface area contributed by atoms with Crippen LogP contribution in [0.2, 0.25) is 0 Å². The fourth-order valence-corrected chi connectivity index (χ4v) is 3.24. The second kappa shape index (κ2) is 6.34. The molecule has 0 unspecified atom stereocenters. The van der Waals surface area contributed by atoms with Gasteiger partial charge in [-0.1, -0.05) is 0 Å². The molecule has 0 radical (unpaired) electrons. The van der Waals surface area contributed by atoms with Crippen LogP contribution in [0.25, 0.3) is 5.65 Å². The van der Waals surface area contributed by atoms with Crippen molar-refractivity contribution < 1.29 is 9.53 Å². The molecular formula is C16H21N3O3. The van der Waals surface area contributed by atoms with E-state index in [1.807, 2.05) is 6.92 Å². The maximum atomic E-state index is 11.9. The minimum absolute atomic E-state index is 0.0435. The molecule has 0 aliphatic heterocycles. The standard InChI is InChI=1S/C16H21N3O3/c1-2-22-16(21)12-5-3-11(4-6-12)9-13-10-15(20)19-14(18-13)7-8-17-19/h7-8,10-12,17H,2-6,9H2,1H3. The minimum atomic E-state index is -0.0785. The highest BCUT2D eigenvalue weighted by Crippen LogP contribution is 2.31. The third-order valence-electron chi connectivity index (χ3n) is 4.40. The molecule has 0 bridgehead atoms. The summed E-state index contributed by atoms with van der Waals surface area (Å²) in [4.78, 5) is 28.2. The predicted octanol–water partition coefficient (Wildman–Crippen LogP) is 1.93. The number of hydrogen-bond acceptors (Lipinski definition) is 4. The summed E-state index contributed by atoms with van der Waals surface area (Å²) in [5, 5.41) is 2.84. The molecule has 0 spiro atoms. The summed E-state index contributed by atoms with van der Waals surface area (Å²) in [6, 6.07) is 3.39.